The Labute approximate surface area is 106 Å². The van der Waals surface area contributed by atoms with Crippen LogP contribution in [0.4, 0.5) is 0 Å². The maximum Gasteiger partial charge on any atom is 0.167 e. The molecule has 0 bridgehead atoms. The fourth-order valence-electron chi connectivity index (χ4n) is 0.714. The Bertz CT molecular complexity index is 171. The second-order valence-corrected chi connectivity index (χ2v) is 11.3. The van der Waals surface area contributed by atoms with Crippen LogP contribution in [0.2, 0.25) is 0 Å². The summed E-state index contributed by atoms with van der Waals surface area (Å²) in [6, 6.07) is 0. The van der Waals surface area contributed by atoms with Gasteiger partial charge in [0.15, 0.2) is 4.67 Å². The van der Waals surface area contributed by atoms with Crippen molar-refractivity contribution < 1.29 is 4.74 Å². The second kappa shape index (κ2) is 8.70. The lowest BCUT2D eigenvalue weighted by Crippen LogP contribution is -1.91. The molecule has 0 aliphatic carbocycles. The Morgan fingerprint density at radius 2 is 1.92 bits per heavy atom. The average molecular weight is 397 g/mol. The molecule has 0 aliphatic heterocycles. The minimum atomic E-state index is -0.391. The third-order valence-electron chi connectivity index (χ3n) is 1.49. The zero-order chi connectivity index (χ0) is 10.3. The normalized spacial score (nSPS) is 13.1. The van der Waals surface area contributed by atoms with Gasteiger partial charge in [-0.05, 0) is 59.7 Å². The van der Waals surface area contributed by atoms with Crippen LogP contribution in [-0.2, 0) is 4.74 Å². The summed E-state index contributed by atoms with van der Waals surface area (Å²) in [5, 5.41) is 0.878. The first-order chi connectivity index (χ1) is 6.13. The van der Waals surface area contributed by atoms with Crippen LogP contribution in [0.5, 0.6) is 0 Å². The molecule has 0 aromatic carbocycles. The van der Waals surface area contributed by atoms with E-state index in [9.17, 15) is 0 Å². The van der Waals surface area contributed by atoms with Crippen molar-refractivity contribution in [2.75, 3.05) is 6.61 Å². The molecule has 0 atom stereocenters. The molecule has 1 nitrogen and oxygen atoms in total. The molecule has 0 unspecified atom stereocenters. The van der Waals surface area contributed by atoms with Gasteiger partial charge in [-0.3, -0.25) is 0 Å². The highest BCUT2D eigenvalue weighted by Gasteiger charge is 2.10. The van der Waals surface area contributed by atoms with Crippen LogP contribution < -0.4 is 0 Å². The van der Waals surface area contributed by atoms with E-state index in [-0.39, 0.29) is 0 Å². The Hall–Kier alpha value is 1.41. The van der Waals surface area contributed by atoms with E-state index < -0.39 is 5.33 Å². The summed E-state index contributed by atoms with van der Waals surface area (Å²) in [6.45, 7) is 5.07. The predicted octanol–water partition coefficient (Wildman–Crippen LogP) is 5.88. The van der Waals surface area contributed by atoms with Crippen LogP contribution in [0, 0.1) is 0 Å². The zero-order valence-corrected chi connectivity index (χ0v) is 13.5. The molecule has 0 heterocycles. The van der Waals surface area contributed by atoms with Crippen molar-refractivity contribution in [3.05, 3.63) is 9.98 Å². The molecule has 13 heavy (non-hydrogen) atoms. The lowest BCUT2D eigenvalue weighted by molar-refractivity contribution is 0.234. The lowest BCUT2D eigenvalue weighted by Gasteiger charge is -2.10. The Morgan fingerprint density at radius 1 is 1.31 bits per heavy atom. The highest BCUT2D eigenvalue weighted by Crippen LogP contribution is 2.61. The van der Waals surface area contributed by atoms with Crippen molar-refractivity contribution in [1.29, 1.82) is 0 Å². The van der Waals surface area contributed by atoms with Gasteiger partial charge in [0.25, 0.3) is 0 Å². The number of ether oxygens (including phenoxy) is 1. The Morgan fingerprint density at radius 3 is 2.31 bits per heavy atom. The van der Waals surface area contributed by atoms with Crippen LogP contribution in [-0.4, -0.2) is 6.61 Å². The van der Waals surface area contributed by atoms with Crippen LogP contribution >= 0.6 is 52.2 Å². The SMILES string of the molecule is CCCCO/C(Br)=C(\CC)P(Br)Br. The highest BCUT2D eigenvalue weighted by atomic mass is 79.9. The maximum atomic E-state index is 5.55. The number of hydrogen-bond acceptors (Lipinski definition) is 1. The third kappa shape index (κ3) is 6.48. The summed E-state index contributed by atoms with van der Waals surface area (Å²) < 4.78 is 6.44. The van der Waals surface area contributed by atoms with Gasteiger partial charge >= 0.3 is 0 Å². The fourth-order valence-corrected chi connectivity index (χ4v) is 6.02. The monoisotopic (exact) mass is 394 g/mol. The maximum absolute atomic E-state index is 5.55. The molecule has 78 valence electrons. The molecule has 0 spiro atoms. The minimum Gasteiger partial charge on any atom is -0.486 e. The van der Waals surface area contributed by atoms with Crippen LogP contribution in [0.1, 0.15) is 33.1 Å². The molecular formula is C8H14Br3OP. The van der Waals surface area contributed by atoms with E-state index in [2.05, 4.69) is 60.8 Å². The van der Waals surface area contributed by atoms with Crippen LogP contribution in [0.15, 0.2) is 9.98 Å². The summed E-state index contributed by atoms with van der Waals surface area (Å²) in [5.74, 6) is 0. The van der Waals surface area contributed by atoms with Gasteiger partial charge in [0.2, 0.25) is 0 Å². The van der Waals surface area contributed by atoms with Crippen molar-refractivity contribution in [3.8, 4) is 0 Å². The van der Waals surface area contributed by atoms with E-state index in [0.717, 1.165) is 24.1 Å². The first-order valence-corrected chi connectivity index (χ1v) is 10.4. The quantitative estimate of drug-likeness (QED) is 0.309. The van der Waals surface area contributed by atoms with E-state index in [1.54, 1.807) is 0 Å². The summed E-state index contributed by atoms with van der Waals surface area (Å²) in [7, 11) is 0. The number of rotatable bonds is 6. The van der Waals surface area contributed by atoms with E-state index in [0.29, 0.717) is 0 Å². The molecule has 0 aliphatic rings. The summed E-state index contributed by atoms with van der Waals surface area (Å²) in [6.07, 6.45) is 3.27. The first kappa shape index (κ1) is 14.4. The molecule has 0 aromatic rings. The van der Waals surface area contributed by atoms with Gasteiger partial charge in [0.05, 0.1) is 11.9 Å². The van der Waals surface area contributed by atoms with Gasteiger partial charge in [-0.25, -0.2) is 0 Å². The van der Waals surface area contributed by atoms with E-state index in [4.69, 9.17) is 4.74 Å². The third-order valence-corrected chi connectivity index (χ3v) is 6.00. The van der Waals surface area contributed by atoms with Crippen molar-refractivity contribution >= 4 is 52.2 Å². The van der Waals surface area contributed by atoms with Crippen LogP contribution in [0.25, 0.3) is 0 Å². The largest absolute Gasteiger partial charge is 0.486 e. The highest BCUT2D eigenvalue weighted by molar-refractivity contribution is 9.70. The molecule has 0 amide bonds. The van der Waals surface area contributed by atoms with Gasteiger partial charge in [0, 0.05) is 5.31 Å². The molecule has 0 aromatic heterocycles. The van der Waals surface area contributed by atoms with Gasteiger partial charge < -0.3 is 4.74 Å². The average Bonchev–Trinajstić information content (AvgIpc) is 2.05. The molecule has 5 heteroatoms. The van der Waals surface area contributed by atoms with E-state index in [1.165, 1.54) is 11.7 Å². The molecule has 0 rings (SSSR count). The summed E-state index contributed by atoms with van der Waals surface area (Å²) >= 11 is 10.5. The summed E-state index contributed by atoms with van der Waals surface area (Å²) in [4.78, 5) is 0. The van der Waals surface area contributed by atoms with Crippen molar-refractivity contribution in [1.82, 2.24) is 0 Å². The minimum absolute atomic E-state index is 0.391. The van der Waals surface area contributed by atoms with Crippen LogP contribution in [0.3, 0.4) is 0 Å². The lowest BCUT2D eigenvalue weighted by atomic mass is 10.4. The van der Waals surface area contributed by atoms with Gasteiger partial charge in [-0.1, -0.05) is 20.3 Å². The van der Waals surface area contributed by atoms with Gasteiger partial charge in [-0.2, -0.15) is 0 Å². The molecule has 0 saturated carbocycles. The molecular weight excluding hydrogens is 383 g/mol. The standard InChI is InChI=1S/C8H14Br3OP/c1-3-5-6-12-8(9)7(4-2)13(10)11/h3-6H2,1-2H3/b8-7+. The van der Waals surface area contributed by atoms with E-state index in [1.807, 2.05) is 0 Å². The molecule has 0 saturated heterocycles. The topological polar surface area (TPSA) is 9.23 Å². The Kier molecular flexibility index (Phi) is 9.64. The van der Waals surface area contributed by atoms with Crippen molar-refractivity contribution in [3.63, 3.8) is 0 Å². The zero-order valence-electron chi connectivity index (χ0n) is 7.82. The predicted molar refractivity (Wildman–Crippen MR) is 71.9 cm³/mol. The molecule has 0 fully saturated rings. The van der Waals surface area contributed by atoms with E-state index >= 15 is 0 Å². The first-order valence-electron chi connectivity index (χ1n) is 4.26. The second-order valence-electron chi connectivity index (χ2n) is 2.51. The Balaban J connectivity index is 4.05. The van der Waals surface area contributed by atoms with Crippen molar-refractivity contribution in [2.45, 2.75) is 33.1 Å². The summed E-state index contributed by atoms with van der Waals surface area (Å²) in [5.41, 5.74) is 0. The van der Waals surface area contributed by atoms with Gasteiger partial charge in [0.1, 0.15) is 0 Å². The molecule has 0 N–H and O–H groups in total. The van der Waals surface area contributed by atoms with Gasteiger partial charge in [-0.15, -0.1) is 0 Å². The number of halogens is 3. The smallest absolute Gasteiger partial charge is 0.167 e. The number of unbranched alkanes of at least 4 members (excludes halogenated alkanes) is 1. The molecule has 0 radical (unpaired) electrons. The fraction of sp³-hybridized carbons (Fsp3) is 0.750. The number of allylic oxidation sites excluding steroid dienone is 1. The van der Waals surface area contributed by atoms with Crippen molar-refractivity contribution in [2.24, 2.45) is 0 Å². The number of hydrogen-bond donors (Lipinski definition) is 0.